The molecule has 0 saturated carbocycles. The van der Waals surface area contributed by atoms with Gasteiger partial charge in [0.2, 0.25) is 5.89 Å². The molecule has 39 heavy (non-hydrogen) atoms. The lowest BCUT2D eigenvalue weighted by Crippen LogP contribution is -2.01. The fourth-order valence-electron chi connectivity index (χ4n) is 3.45. The fraction of sp³-hybridized carbons (Fsp3) is 0.179. The number of carbonyl (C=O) groups is 1. The monoisotopic (exact) mass is 568 g/mol. The number of carboxylic acids is 1. The minimum Gasteiger partial charge on any atom is -0.497 e. The second-order valence-corrected chi connectivity index (χ2v) is 9.31. The largest absolute Gasteiger partial charge is 0.497 e. The number of rotatable bonds is 12. The third-order valence-electron chi connectivity index (χ3n) is 5.32. The highest BCUT2D eigenvalue weighted by Gasteiger charge is 2.18. The molecule has 4 rings (SSSR count). The van der Waals surface area contributed by atoms with Gasteiger partial charge in [-0.05, 0) is 60.7 Å². The number of benzene rings is 3. The second-order valence-electron chi connectivity index (χ2n) is 7.91. The number of thioether (sulfide) groups is 1. The average molecular weight is 569 g/mol. The Morgan fingerprint density at radius 1 is 1.00 bits per heavy atom. The summed E-state index contributed by atoms with van der Waals surface area (Å²) in [5, 5.41) is 18.5. The molecule has 202 valence electrons. The van der Waals surface area contributed by atoms with Gasteiger partial charge >= 0.3 is 5.97 Å². The van der Waals surface area contributed by atoms with Gasteiger partial charge in [0.1, 0.15) is 23.0 Å². The summed E-state index contributed by atoms with van der Waals surface area (Å²) in [5.74, 6) is 1.12. The molecule has 0 aliphatic rings. The lowest BCUT2D eigenvalue weighted by molar-refractivity contribution is -0.131. The summed E-state index contributed by atoms with van der Waals surface area (Å²) < 4.78 is 28.0. The van der Waals surface area contributed by atoms with Crippen molar-refractivity contribution in [3.8, 4) is 34.5 Å². The molecule has 4 aromatic rings. The van der Waals surface area contributed by atoms with Gasteiger partial charge in [0, 0.05) is 22.2 Å². The van der Waals surface area contributed by atoms with E-state index in [-0.39, 0.29) is 22.6 Å². The third-order valence-corrected chi connectivity index (χ3v) is 6.54. The zero-order valence-electron chi connectivity index (χ0n) is 21.3. The van der Waals surface area contributed by atoms with Gasteiger partial charge in [-0.3, -0.25) is 0 Å². The van der Waals surface area contributed by atoms with E-state index in [0.29, 0.717) is 45.8 Å². The Morgan fingerprint density at radius 2 is 1.74 bits per heavy atom. The van der Waals surface area contributed by atoms with Gasteiger partial charge in [-0.1, -0.05) is 35.9 Å². The number of nitrogens with zero attached hydrogens (tertiary/aromatic N) is 2. The quantitative estimate of drug-likeness (QED) is 0.148. The van der Waals surface area contributed by atoms with Crippen LogP contribution < -0.4 is 18.9 Å². The molecule has 0 aliphatic heterocycles. The zero-order valence-corrected chi connectivity index (χ0v) is 22.9. The Labute approximate surface area is 234 Å². The van der Waals surface area contributed by atoms with Gasteiger partial charge in [0.25, 0.3) is 5.22 Å². The van der Waals surface area contributed by atoms with Crippen LogP contribution in [-0.4, -0.2) is 42.1 Å². The first kappa shape index (κ1) is 27.9. The number of aliphatic carboxylic acids is 1. The normalized spacial score (nSPS) is 11.2. The van der Waals surface area contributed by atoms with Gasteiger partial charge in [-0.2, -0.15) is 0 Å². The Morgan fingerprint density at radius 3 is 2.41 bits per heavy atom. The van der Waals surface area contributed by atoms with Gasteiger partial charge in [0.15, 0.2) is 11.5 Å². The van der Waals surface area contributed by atoms with Crippen molar-refractivity contribution in [2.45, 2.75) is 18.8 Å². The predicted octanol–water partition coefficient (Wildman–Crippen LogP) is 6.60. The number of methoxy groups -OCH3 is 2. The van der Waals surface area contributed by atoms with E-state index in [9.17, 15) is 9.90 Å². The van der Waals surface area contributed by atoms with Crippen LogP contribution in [-0.2, 0) is 11.4 Å². The molecular formula is C28H25ClN2O7S. The molecule has 0 radical (unpaired) electrons. The molecule has 0 atom stereocenters. The van der Waals surface area contributed by atoms with Crippen molar-refractivity contribution in [2.75, 3.05) is 20.8 Å². The van der Waals surface area contributed by atoms with E-state index in [2.05, 4.69) is 10.2 Å². The molecule has 0 aliphatic carbocycles. The summed E-state index contributed by atoms with van der Waals surface area (Å²) in [6.07, 6.45) is 1.49. The lowest BCUT2D eigenvalue weighted by atomic mass is 10.2. The predicted molar refractivity (Wildman–Crippen MR) is 148 cm³/mol. The summed E-state index contributed by atoms with van der Waals surface area (Å²) >= 11 is 7.06. The average Bonchev–Trinajstić information content (AvgIpc) is 3.41. The summed E-state index contributed by atoms with van der Waals surface area (Å²) in [4.78, 5) is 12.0. The number of ether oxygens (including phenoxy) is 4. The van der Waals surface area contributed by atoms with Gasteiger partial charge in [0.05, 0.1) is 20.8 Å². The SMILES string of the molecule is CCOc1cc(/C=C(\Sc2nnc(-c3cc(OC)cc(OC)c3)o2)C(=O)O)ccc1OCc1ccccc1Cl. The highest BCUT2D eigenvalue weighted by molar-refractivity contribution is 8.03. The van der Waals surface area contributed by atoms with E-state index in [1.165, 1.54) is 20.3 Å². The Balaban J connectivity index is 1.55. The van der Waals surface area contributed by atoms with Crippen LogP contribution in [0.15, 0.2) is 75.2 Å². The lowest BCUT2D eigenvalue weighted by Gasteiger charge is -2.13. The van der Waals surface area contributed by atoms with Crippen molar-refractivity contribution in [2.24, 2.45) is 0 Å². The van der Waals surface area contributed by atoms with Crippen LogP contribution in [0.4, 0.5) is 0 Å². The van der Waals surface area contributed by atoms with Gasteiger partial charge in [-0.15, -0.1) is 10.2 Å². The van der Waals surface area contributed by atoms with E-state index in [0.717, 1.165) is 17.3 Å². The molecule has 1 N–H and O–H groups in total. The first-order valence-corrected chi connectivity index (χ1v) is 12.9. The summed E-state index contributed by atoms with van der Waals surface area (Å²) in [7, 11) is 3.07. The smallest absolute Gasteiger partial charge is 0.342 e. The van der Waals surface area contributed by atoms with Crippen LogP contribution >= 0.6 is 23.4 Å². The number of hydrogen-bond acceptors (Lipinski definition) is 9. The number of carboxylic acid groups (broad SMARTS) is 1. The molecule has 0 saturated heterocycles. The van der Waals surface area contributed by atoms with E-state index < -0.39 is 5.97 Å². The molecule has 0 spiro atoms. The maximum atomic E-state index is 12.0. The van der Waals surface area contributed by atoms with Crippen LogP contribution in [0.5, 0.6) is 23.0 Å². The molecule has 1 heterocycles. The van der Waals surface area contributed by atoms with Crippen LogP contribution in [0.1, 0.15) is 18.1 Å². The van der Waals surface area contributed by atoms with E-state index in [1.807, 2.05) is 25.1 Å². The first-order valence-electron chi connectivity index (χ1n) is 11.7. The Bertz CT molecular complexity index is 1470. The van der Waals surface area contributed by atoms with Crippen molar-refractivity contribution in [3.05, 3.63) is 81.7 Å². The van der Waals surface area contributed by atoms with Crippen molar-refractivity contribution in [1.82, 2.24) is 10.2 Å². The molecular weight excluding hydrogens is 544 g/mol. The van der Waals surface area contributed by atoms with Crippen molar-refractivity contribution < 1.29 is 33.3 Å². The van der Waals surface area contributed by atoms with Crippen LogP contribution in [0.3, 0.4) is 0 Å². The molecule has 0 unspecified atom stereocenters. The Kier molecular flexibility index (Phi) is 9.35. The highest BCUT2D eigenvalue weighted by Crippen LogP contribution is 2.35. The third kappa shape index (κ3) is 7.24. The summed E-state index contributed by atoms with van der Waals surface area (Å²) in [6, 6.07) is 17.7. The molecule has 9 nitrogen and oxygen atoms in total. The Hall–Kier alpha value is -4.15. The van der Waals surface area contributed by atoms with Crippen molar-refractivity contribution in [1.29, 1.82) is 0 Å². The molecule has 3 aromatic carbocycles. The number of hydrogen-bond donors (Lipinski definition) is 1. The first-order chi connectivity index (χ1) is 18.9. The molecule has 1 aromatic heterocycles. The fourth-order valence-corrected chi connectivity index (χ4v) is 4.31. The van der Waals surface area contributed by atoms with E-state index in [4.69, 9.17) is 35.0 Å². The van der Waals surface area contributed by atoms with E-state index >= 15 is 0 Å². The molecule has 0 amide bonds. The summed E-state index contributed by atoms with van der Waals surface area (Å²) in [5.41, 5.74) is 1.99. The van der Waals surface area contributed by atoms with Crippen LogP contribution in [0.2, 0.25) is 5.02 Å². The molecule has 0 fully saturated rings. The van der Waals surface area contributed by atoms with Crippen LogP contribution in [0.25, 0.3) is 17.5 Å². The maximum Gasteiger partial charge on any atom is 0.342 e. The van der Waals surface area contributed by atoms with Crippen molar-refractivity contribution in [3.63, 3.8) is 0 Å². The van der Waals surface area contributed by atoms with Crippen molar-refractivity contribution >= 4 is 35.4 Å². The number of aromatic nitrogens is 2. The maximum absolute atomic E-state index is 12.0. The van der Waals surface area contributed by atoms with Crippen LogP contribution in [0, 0.1) is 0 Å². The minimum absolute atomic E-state index is 0.0272. The second kappa shape index (κ2) is 13.1. The highest BCUT2D eigenvalue weighted by atomic mass is 35.5. The van der Waals surface area contributed by atoms with Gasteiger partial charge < -0.3 is 28.5 Å². The topological polar surface area (TPSA) is 113 Å². The minimum atomic E-state index is -1.15. The zero-order chi connectivity index (χ0) is 27.8. The standard InChI is InChI=1S/C28H25ClN2O7S/c1-4-36-24-11-17(9-10-23(24)37-16-18-7-5-6-8-22(18)29)12-25(27(32)33)39-28-31-30-26(38-28)19-13-20(34-2)15-21(14-19)35-3/h5-15H,4,16H2,1-3H3,(H,32,33)/b25-12-. The van der Waals surface area contributed by atoms with Gasteiger partial charge in [-0.25, -0.2) is 4.79 Å². The van der Waals surface area contributed by atoms with E-state index in [1.54, 1.807) is 42.5 Å². The molecule has 11 heteroatoms. The summed E-state index contributed by atoms with van der Waals surface area (Å²) in [6.45, 7) is 2.50. The molecule has 0 bridgehead atoms. The number of halogens is 1.